The van der Waals surface area contributed by atoms with Gasteiger partial charge in [-0.2, -0.15) is 4.98 Å². The largest absolute Gasteiger partial charge is 0.368 e. The summed E-state index contributed by atoms with van der Waals surface area (Å²) in [5.41, 5.74) is 5.44. The summed E-state index contributed by atoms with van der Waals surface area (Å²) in [5.74, 6) is 3.08. The van der Waals surface area contributed by atoms with Gasteiger partial charge in [-0.05, 0) is 43.9 Å². The Morgan fingerprint density at radius 1 is 1.55 bits per heavy atom. The molecule has 7 heteroatoms. The predicted octanol–water partition coefficient (Wildman–Crippen LogP) is 1.42. The third kappa shape index (κ3) is 2.92. The lowest BCUT2D eigenvalue weighted by atomic mass is 9.84. The minimum atomic E-state index is 0.0497. The van der Waals surface area contributed by atoms with Crippen molar-refractivity contribution in [2.75, 3.05) is 11.5 Å². The molecule has 110 valence electrons. The Labute approximate surface area is 122 Å². The van der Waals surface area contributed by atoms with Crippen LogP contribution in [0.4, 0.5) is 5.95 Å². The molecule has 0 aromatic carbocycles. The van der Waals surface area contributed by atoms with E-state index >= 15 is 0 Å². The zero-order valence-corrected chi connectivity index (χ0v) is 12.4. The van der Waals surface area contributed by atoms with Crippen LogP contribution in [0, 0.1) is 17.8 Å². The van der Waals surface area contributed by atoms with Crippen LogP contribution < -0.4 is 11.1 Å². The predicted molar refractivity (Wildman–Crippen MR) is 78.1 cm³/mol. The lowest BCUT2D eigenvalue weighted by molar-refractivity contribution is -0.119. The summed E-state index contributed by atoms with van der Waals surface area (Å²) in [5, 5.41) is 10.1. The van der Waals surface area contributed by atoms with Crippen molar-refractivity contribution in [3.63, 3.8) is 0 Å². The standard InChI is InChI=1S/C13H21N5OS/c1-7(10-5-8-2-3-9(10)4-8)15-11(19)6-20-13-16-12(14)17-18-13/h7-10H,2-6H2,1H3,(H,15,19)(H3,14,16,17,18)/t7-,8-,9-,10-/m0/s1. The number of rotatable bonds is 5. The number of nitrogens with zero attached hydrogens (tertiary/aromatic N) is 2. The van der Waals surface area contributed by atoms with Gasteiger partial charge in [0, 0.05) is 6.04 Å². The van der Waals surface area contributed by atoms with Crippen LogP contribution in [0.25, 0.3) is 0 Å². The van der Waals surface area contributed by atoms with E-state index in [-0.39, 0.29) is 17.9 Å². The number of nitrogen functional groups attached to an aromatic ring is 1. The minimum absolute atomic E-state index is 0.0497. The fourth-order valence-corrected chi connectivity index (χ4v) is 4.38. The number of amides is 1. The first-order valence-electron chi connectivity index (χ1n) is 7.22. The van der Waals surface area contributed by atoms with Crippen molar-refractivity contribution < 1.29 is 4.79 Å². The van der Waals surface area contributed by atoms with Crippen molar-refractivity contribution in [2.24, 2.45) is 17.8 Å². The molecule has 6 nitrogen and oxygen atoms in total. The first kappa shape index (κ1) is 13.7. The molecule has 0 radical (unpaired) electrons. The molecule has 0 spiro atoms. The Morgan fingerprint density at radius 3 is 3.00 bits per heavy atom. The highest BCUT2D eigenvalue weighted by atomic mass is 32.2. The summed E-state index contributed by atoms with van der Waals surface area (Å²) >= 11 is 1.30. The molecule has 2 bridgehead atoms. The van der Waals surface area contributed by atoms with Gasteiger partial charge in [0.05, 0.1) is 5.75 Å². The number of carbonyl (C=O) groups is 1. The van der Waals surface area contributed by atoms with Gasteiger partial charge in [-0.3, -0.25) is 4.79 Å². The Hall–Kier alpha value is -1.24. The lowest BCUT2D eigenvalue weighted by Crippen LogP contribution is -2.40. The molecule has 1 heterocycles. The number of nitrogens with two attached hydrogens (primary N) is 1. The topological polar surface area (TPSA) is 96.7 Å². The summed E-state index contributed by atoms with van der Waals surface area (Å²) in [6.07, 6.45) is 5.40. The second kappa shape index (κ2) is 5.63. The van der Waals surface area contributed by atoms with Crippen LogP contribution in [0.1, 0.15) is 32.6 Å². The van der Waals surface area contributed by atoms with Crippen LogP contribution in [0.5, 0.6) is 0 Å². The fourth-order valence-electron chi connectivity index (χ4n) is 3.76. The molecule has 1 aromatic heterocycles. The maximum absolute atomic E-state index is 12.0. The van der Waals surface area contributed by atoms with E-state index in [1.54, 1.807) is 0 Å². The second-order valence-corrected chi connectivity index (χ2v) is 6.93. The summed E-state index contributed by atoms with van der Waals surface area (Å²) < 4.78 is 0. The van der Waals surface area contributed by atoms with E-state index in [0.29, 0.717) is 16.8 Å². The molecule has 2 fully saturated rings. The van der Waals surface area contributed by atoms with Crippen molar-refractivity contribution in [2.45, 2.75) is 43.8 Å². The molecule has 4 N–H and O–H groups in total. The molecular formula is C13H21N5OS. The highest BCUT2D eigenvalue weighted by Crippen LogP contribution is 2.49. The van der Waals surface area contributed by atoms with Gasteiger partial charge in [0.1, 0.15) is 0 Å². The SMILES string of the molecule is C[C@H](NC(=O)CSc1n[nH]c(N)n1)[C@@H]1C[C@H]2CC[C@H]1C2. The van der Waals surface area contributed by atoms with E-state index in [9.17, 15) is 4.79 Å². The molecule has 0 saturated heterocycles. The van der Waals surface area contributed by atoms with Gasteiger partial charge in [0.25, 0.3) is 0 Å². The fraction of sp³-hybridized carbons (Fsp3) is 0.769. The third-order valence-electron chi connectivity index (χ3n) is 4.64. The van der Waals surface area contributed by atoms with Crippen molar-refractivity contribution >= 4 is 23.6 Å². The Morgan fingerprint density at radius 2 is 2.40 bits per heavy atom. The molecule has 2 aliphatic rings. The van der Waals surface area contributed by atoms with E-state index in [0.717, 1.165) is 11.8 Å². The molecular weight excluding hydrogens is 274 g/mol. The van der Waals surface area contributed by atoms with Crippen LogP contribution in [0.3, 0.4) is 0 Å². The van der Waals surface area contributed by atoms with Crippen LogP contribution in [-0.4, -0.2) is 32.9 Å². The maximum atomic E-state index is 12.0. The highest BCUT2D eigenvalue weighted by molar-refractivity contribution is 7.99. The monoisotopic (exact) mass is 295 g/mol. The zero-order valence-electron chi connectivity index (χ0n) is 11.6. The van der Waals surface area contributed by atoms with Crippen LogP contribution >= 0.6 is 11.8 Å². The number of aromatic amines is 1. The Kier molecular flexibility index (Phi) is 3.87. The number of fused-ring (bicyclic) bond motifs is 2. The van der Waals surface area contributed by atoms with Crippen molar-refractivity contribution in [3.8, 4) is 0 Å². The molecule has 0 unspecified atom stereocenters. The molecule has 1 aromatic rings. The number of nitrogens with one attached hydrogen (secondary N) is 2. The first-order valence-corrected chi connectivity index (χ1v) is 8.20. The molecule has 2 aliphatic carbocycles. The molecule has 1 amide bonds. The Bertz CT molecular complexity index is 491. The number of thioether (sulfide) groups is 1. The molecule has 4 atom stereocenters. The number of hydrogen-bond acceptors (Lipinski definition) is 5. The summed E-state index contributed by atoms with van der Waals surface area (Å²) in [7, 11) is 0. The van der Waals surface area contributed by atoms with E-state index in [4.69, 9.17) is 5.73 Å². The average Bonchev–Trinajstić information content (AvgIpc) is 3.12. The summed E-state index contributed by atoms with van der Waals surface area (Å²) in [6.45, 7) is 2.14. The lowest BCUT2D eigenvalue weighted by Gasteiger charge is -2.28. The number of carbonyl (C=O) groups excluding carboxylic acids is 1. The third-order valence-corrected chi connectivity index (χ3v) is 5.49. The molecule has 0 aliphatic heterocycles. The van der Waals surface area contributed by atoms with Gasteiger partial charge in [0.15, 0.2) is 0 Å². The van der Waals surface area contributed by atoms with Gasteiger partial charge in [0.2, 0.25) is 17.0 Å². The van der Waals surface area contributed by atoms with E-state index in [2.05, 4.69) is 27.4 Å². The number of H-pyrrole nitrogens is 1. The molecule has 3 rings (SSSR count). The van der Waals surface area contributed by atoms with E-state index in [1.165, 1.54) is 37.4 Å². The molecule has 2 saturated carbocycles. The van der Waals surface area contributed by atoms with Crippen molar-refractivity contribution in [1.82, 2.24) is 20.5 Å². The number of anilines is 1. The summed E-state index contributed by atoms with van der Waals surface area (Å²) in [6, 6.07) is 0.274. The minimum Gasteiger partial charge on any atom is -0.368 e. The van der Waals surface area contributed by atoms with Crippen LogP contribution in [0.15, 0.2) is 5.16 Å². The normalized spacial score (nSPS) is 29.6. The number of aromatic nitrogens is 3. The second-order valence-electron chi connectivity index (χ2n) is 5.99. The number of hydrogen-bond donors (Lipinski definition) is 3. The highest BCUT2D eigenvalue weighted by Gasteiger charge is 2.42. The summed E-state index contributed by atoms with van der Waals surface area (Å²) in [4.78, 5) is 15.9. The van der Waals surface area contributed by atoms with Gasteiger partial charge in [-0.15, -0.1) is 5.10 Å². The van der Waals surface area contributed by atoms with Crippen molar-refractivity contribution in [1.29, 1.82) is 0 Å². The zero-order chi connectivity index (χ0) is 14.1. The molecule has 20 heavy (non-hydrogen) atoms. The van der Waals surface area contributed by atoms with Crippen molar-refractivity contribution in [3.05, 3.63) is 0 Å². The smallest absolute Gasteiger partial charge is 0.230 e. The first-order chi connectivity index (χ1) is 9.61. The van der Waals surface area contributed by atoms with Gasteiger partial charge < -0.3 is 11.1 Å². The van der Waals surface area contributed by atoms with Crippen LogP contribution in [0.2, 0.25) is 0 Å². The maximum Gasteiger partial charge on any atom is 0.230 e. The van der Waals surface area contributed by atoms with Gasteiger partial charge in [-0.25, -0.2) is 5.10 Å². The Balaban J connectivity index is 1.44. The quantitative estimate of drug-likeness (QED) is 0.714. The van der Waals surface area contributed by atoms with Gasteiger partial charge >= 0.3 is 0 Å². The van der Waals surface area contributed by atoms with Gasteiger partial charge in [-0.1, -0.05) is 18.2 Å². The van der Waals surface area contributed by atoms with E-state index < -0.39 is 0 Å². The average molecular weight is 295 g/mol. The van der Waals surface area contributed by atoms with Crippen LogP contribution in [-0.2, 0) is 4.79 Å². The van der Waals surface area contributed by atoms with E-state index in [1.807, 2.05) is 0 Å².